The Bertz CT molecular complexity index is 388. The summed E-state index contributed by atoms with van der Waals surface area (Å²) in [5.74, 6) is -1.41. The van der Waals surface area contributed by atoms with Gasteiger partial charge in [-0.15, -0.1) is 0 Å². The topological polar surface area (TPSA) is 63.3 Å². The summed E-state index contributed by atoms with van der Waals surface area (Å²) in [6.07, 6.45) is 4.53. The number of phenols is 1. The van der Waals surface area contributed by atoms with Gasteiger partial charge < -0.3 is 10.8 Å². The van der Waals surface area contributed by atoms with Crippen molar-refractivity contribution in [3.63, 3.8) is 0 Å². The van der Waals surface area contributed by atoms with Gasteiger partial charge in [0.05, 0.1) is 5.56 Å². The number of nitrogens with two attached hydrogens (primary N) is 1. The zero-order valence-corrected chi connectivity index (χ0v) is 8.11. The van der Waals surface area contributed by atoms with E-state index in [2.05, 4.69) is 0 Å². The molecule has 0 heterocycles. The second-order valence-electron chi connectivity index (χ2n) is 3.04. The average Bonchev–Trinajstić information content (AvgIpc) is 2.23. The van der Waals surface area contributed by atoms with E-state index in [0.717, 1.165) is 6.07 Å². The van der Waals surface area contributed by atoms with E-state index in [9.17, 15) is 9.18 Å². The smallest absolute Gasteiger partial charge is 0.166 e. The first-order chi connectivity index (χ1) is 7.19. The highest BCUT2D eigenvalue weighted by atomic mass is 19.1. The minimum atomic E-state index is -0.799. The molecular weight excluding hydrogens is 197 g/mol. The van der Waals surface area contributed by atoms with Gasteiger partial charge in [-0.3, -0.25) is 4.79 Å². The summed E-state index contributed by atoms with van der Waals surface area (Å²) in [6, 6.07) is 2.58. The molecule has 0 saturated heterocycles. The van der Waals surface area contributed by atoms with Gasteiger partial charge in [0, 0.05) is 0 Å². The molecule has 0 amide bonds. The van der Waals surface area contributed by atoms with Crippen molar-refractivity contribution in [3.8, 4) is 5.75 Å². The van der Waals surface area contributed by atoms with Crippen molar-refractivity contribution in [1.82, 2.24) is 0 Å². The molecule has 0 aliphatic carbocycles. The number of phenolic OH excluding ortho intramolecular Hbond substituents is 1. The molecule has 0 spiro atoms. The Hall–Kier alpha value is -1.68. The van der Waals surface area contributed by atoms with E-state index in [1.807, 2.05) is 0 Å². The van der Waals surface area contributed by atoms with Crippen molar-refractivity contribution in [1.29, 1.82) is 0 Å². The van der Waals surface area contributed by atoms with E-state index in [-0.39, 0.29) is 5.56 Å². The second-order valence-corrected chi connectivity index (χ2v) is 3.04. The largest absolute Gasteiger partial charge is 0.504 e. The van der Waals surface area contributed by atoms with Crippen LogP contribution in [-0.4, -0.2) is 17.9 Å². The molecule has 15 heavy (non-hydrogen) atoms. The third kappa shape index (κ3) is 2.89. The molecule has 0 atom stereocenters. The average molecular weight is 209 g/mol. The highest BCUT2D eigenvalue weighted by Crippen LogP contribution is 2.22. The van der Waals surface area contributed by atoms with E-state index in [0.29, 0.717) is 24.8 Å². The summed E-state index contributed by atoms with van der Waals surface area (Å²) < 4.78 is 13.1. The van der Waals surface area contributed by atoms with Crippen molar-refractivity contribution in [2.24, 2.45) is 5.73 Å². The zero-order valence-electron chi connectivity index (χ0n) is 8.11. The van der Waals surface area contributed by atoms with Crippen LogP contribution >= 0.6 is 0 Å². The van der Waals surface area contributed by atoms with Crippen LogP contribution in [0.15, 0.2) is 18.2 Å². The van der Waals surface area contributed by atoms with Gasteiger partial charge in [-0.2, -0.15) is 0 Å². The molecule has 1 aromatic rings. The molecule has 0 aromatic heterocycles. The Labute approximate surface area is 87.0 Å². The van der Waals surface area contributed by atoms with Crippen molar-refractivity contribution < 1.29 is 14.3 Å². The molecule has 0 bridgehead atoms. The minimum Gasteiger partial charge on any atom is -0.504 e. The lowest BCUT2D eigenvalue weighted by Gasteiger charge is -2.01. The SMILES string of the molecule is NCCC=Cc1cc(F)c(O)c(C=O)c1. The van der Waals surface area contributed by atoms with Crippen LogP contribution in [0.5, 0.6) is 5.75 Å². The monoisotopic (exact) mass is 209 g/mol. The second kappa shape index (κ2) is 5.26. The summed E-state index contributed by atoms with van der Waals surface area (Å²) in [5, 5.41) is 9.14. The lowest BCUT2D eigenvalue weighted by molar-refractivity contribution is 0.112. The number of aromatic hydroxyl groups is 1. The van der Waals surface area contributed by atoms with Crippen LogP contribution in [-0.2, 0) is 0 Å². The van der Waals surface area contributed by atoms with Gasteiger partial charge in [0.1, 0.15) is 0 Å². The molecule has 0 saturated carbocycles. The predicted octanol–water partition coefficient (Wildman–Crippen LogP) is 1.71. The van der Waals surface area contributed by atoms with Gasteiger partial charge in [0.15, 0.2) is 17.9 Å². The number of halogens is 1. The maximum absolute atomic E-state index is 13.1. The van der Waals surface area contributed by atoms with Crippen molar-refractivity contribution in [2.75, 3.05) is 6.54 Å². The Morgan fingerprint density at radius 3 is 2.80 bits per heavy atom. The molecule has 0 radical (unpaired) electrons. The number of hydrogen-bond donors (Lipinski definition) is 2. The summed E-state index contributed by atoms with van der Waals surface area (Å²) in [4.78, 5) is 10.5. The molecule has 0 aliphatic heterocycles. The van der Waals surface area contributed by atoms with Gasteiger partial charge in [-0.25, -0.2) is 4.39 Å². The molecule has 4 heteroatoms. The quantitative estimate of drug-likeness (QED) is 0.742. The maximum Gasteiger partial charge on any atom is 0.166 e. The Morgan fingerprint density at radius 2 is 2.20 bits per heavy atom. The van der Waals surface area contributed by atoms with Gasteiger partial charge in [0.2, 0.25) is 0 Å². The Morgan fingerprint density at radius 1 is 1.47 bits per heavy atom. The van der Waals surface area contributed by atoms with Crippen LogP contribution in [0.2, 0.25) is 0 Å². The maximum atomic E-state index is 13.1. The fourth-order valence-electron chi connectivity index (χ4n) is 1.14. The van der Waals surface area contributed by atoms with Crippen LogP contribution in [0.25, 0.3) is 6.08 Å². The van der Waals surface area contributed by atoms with E-state index < -0.39 is 11.6 Å². The van der Waals surface area contributed by atoms with Crippen LogP contribution in [0.3, 0.4) is 0 Å². The summed E-state index contributed by atoms with van der Waals surface area (Å²) in [7, 11) is 0. The minimum absolute atomic E-state index is 0.0533. The summed E-state index contributed by atoms with van der Waals surface area (Å²) in [5.41, 5.74) is 5.76. The number of benzene rings is 1. The molecule has 1 aromatic carbocycles. The lowest BCUT2D eigenvalue weighted by atomic mass is 10.1. The number of aldehydes is 1. The van der Waals surface area contributed by atoms with Crippen LogP contribution in [0, 0.1) is 5.82 Å². The highest BCUT2D eigenvalue weighted by Gasteiger charge is 2.07. The van der Waals surface area contributed by atoms with Gasteiger partial charge in [-0.1, -0.05) is 12.2 Å². The first-order valence-electron chi connectivity index (χ1n) is 4.53. The fourth-order valence-corrected chi connectivity index (χ4v) is 1.14. The summed E-state index contributed by atoms with van der Waals surface area (Å²) in [6.45, 7) is 0.512. The van der Waals surface area contributed by atoms with E-state index >= 15 is 0 Å². The molecular formula is C11H12FNO2. The normalized spacial score (nSPS) is 10.8. The first kappa shape index (κ1) is 11.4. The Balaban J connectivity index is 3.00. The molecule has 1 rings (SSSR count). The molecule has 3 N–H and O–H groups in total. The number of carbonyl (C=O) groups excluding carboxylic acids is 1. The summed E-state index contributed by atoms with van der Waals surface area (Å²) >= 11 is 0. The molecule has 0 fully saturated rings. The van der Waals surface area contributed by atoms with Crippen molar-refractivity contribution >= 4 is 12.4 Å². The van der Waals surface area contributed by atoms with Crippen LogP contribution in [0.1, 0.15) is 22.3 Å². The standard InChI is InChI=1S/C11H12FNO2/c12-10-6-8(3-1-2-4-13)5-9(7-14)11(10)15/h1,3,5-7,15H,2,4,13H2. The Kier molecular flexibility index (Phi) is 4.00. The zero-order chi connectivity index (χ0) is 11.3. The van der Waals surface area contributed by atoms with Gasteiger partial charge in [0.25, 0.3) is 0 Å². The molecule has 80 valence electrons. The number of carbonyl (C=O) groups is 1. The first-order valence-corrected chi connectivity index (χ1v) is 4.53. The van der Waals surface area contributed by atoms with Gasteiger partial charge >= 0.3 is 0 Å². The third-order valence-corrected chi connectivity index (χ3v) is 1.89. The van der Waals surface area contributed by atoms with E-state index in [1.165, 1.54) is 6.07 Å². The van der Waals surface area contributed by atoms with E-state index in [1.54, 1.807) is 12.2 Å². The molecule has 3 nitrogen and oxygen atoms in total. The van der Waals surface area contributed by atoms with E-state index in [4.69, 9.17) is 10.8 Å². The predicted molar refractivity (Wildman–Crippen MR) is 56.2 cm³/mol. The number of rotatable bonds is 4. The van der Waals surface area contributed by atoms with Crippen molar-refractivity contribution in [2.45, 2.75) is 6.42 Å². The molecule has 0 aliphatic rings. The molecule has 0 unspecified atom stereocenters. The van der Waals surface area contributed by atoms with Gasteiger partial charge in [-0.05, 0) is 30.7 Å². The fraction of sp³-hybridized carbons (Fsp3) is 0.182. The van der Waals surface area contributed by atoms with Crippen LogP contribution in [0.4, 0.5) is 4.39 Å². The third-order valence-electron chi connectivity index (χ3n) is 1.89. The van der Waals surface area contributed by atoms with Crippen LogP contribution < -0.4 is 5.73 Å². The van der Waals surface area contributed by atoms with Crippen molar-refractivity contribution in [3.05, 3.63) is 35.2 Å². The lowest BCUT2D eigenvalue weighted by Crippen LogP contribution is -1.95. The highest BCUT2D eigenvalue weighted by molar-refractivity contribution is 5.80. The number of hydrogen-bond acceptors (Lipinski definition) is 3.